The van der Waals surface area contributed by atoms with Gasteiger partial charge in [-0.05, 0) is 28.8 Å². The van der Waals surface area contributed by atoms with Gasteiger partial charge in [-0.3, -0.25) is 4.79 Å². The zero-order valence-corrected chi connectivity index (χ0v) is 15.5. The Morgan fingerprint density at radius 2 is 1.88 bits per heavy atom. The number of hydrogen-bond donors (Lipinski definition) is 0. The summed E-state index contributed by atoms with van der Waals surface area (Å²) in [5.41, 5.74) is 1.61. The van der Waals surface area contributed by atoms with Gasteiger partial charge in [-0.15, -0.1) is 0 Å². The number of piperidine rings is 1. The van der Waals surface area contributed by atoms with E-state index >= 15 is 0 Å². The van der Waals surface area contributed by atoms with Crippen LogP contribution in [0, 0.1) is 5.92 Å². The van der Waals surface area contributed by atoms with E-state index in [2.05, 4.69) is 35.9 Å². The summed E-state index contributed by atoms with van der Waals surface area (Å²) in [7, 11) is 1.87. The Morgan fingerprint density at radius 3 is 2.60 bits per heavy atom. The Kier molecular flexibility index (Phi) is 4.25. The Morgan fingerprint density at radius 1 is 1.16 bits per heavy atom. The molecule has 128 valence electrons. The molecule has 6 nitrogen and oxygen atoms in total. The summed E-state index contributed by atoms with van der Waals surface area (Å²) in [6.07, 6.45) is 3.24. The third-order valence-corrected chi connectivity index (χ3v) is 5.34. The highest BCUT2D eigenvalue weighted by Gasteiger charge is 2.28. The summed E-state index contributed by atoms with van der Waals surface area (Å²) < 4.78 is 2.50. The summed E-state index contributed by atoms with van der Waals surface area (Å²) in [5.74, 6) is 1.21. The fourth-order valence-electron chi connectivity index (χ4n) is 3.46. The van der Waals surface area contributed by atoms with Crippen LogP contribution in [0.1, 0.15) is 23.2 Å². The minimum absolute atomic E-state index is 0.0771. The van der Waals surface area contributed by atoms with Crippen molar-refractivity contribution in [1.29, 1.82) is 0 Å². The number of aromatic nitrogens is 4. The minimum Gasteiger partial charge on any atom is -0.356 e. The summed E-state index contributed by atoms with van der Waals surface area (Å²) in [5, 5.41) is 5.31. The van der Waals surface area contributed by atoms with Crippen LogP contribution in [-0.4, -0.2) is 38.6 Å². The standard InChI is InChI=1S/C18H18BrN5O/c1-23-17-14(16(19)22-23)18(21-11-20-17)24-9-7-13(8-10-24)15(25)12-5-3-2-4-6-12/h2-6,11,13H,7-10H2,1H3. The van der Waals surface area contributed by atoms with Crippen molar-refractivity contribution in [2.24, 2.45) is 13.0 Å². The molecule has 0 amide bonds. The van der Waals surface area contributed by atoms with Crippen LogP contribution in [0.15, 0.2) is 41.3 Å². The monoisotopic (exact) mass is 399 g/mol. The van der Waals surface area contributed by atoms with Gasteiger partial charge >= 0.3 is 0 Å². The molecule has 3 heterocycles. The molecule has 0 bridgehead atoms. The summed E-state index contributed by atoms with van der Waals surface area (Å²) in [4.78, 5) is 23.7. The van der Waals surface area contributed by atoms with Crippen molar-refractivity contribution in [3.8, 4) is 0 Å². The van der Waals surface area contributed by atoms with E-state index in [0.29, 0.717) is 0 Å². The molecule has 1 aromatic carbocycles. The van der Waals surface area contributed by atoms with Crippen molar-refractivity contribution >= 4 is 38.6 Å². The molecule has 1 fully saturated rings. The average Bonchev–Trinajstić information content (AvgIpc) is 2.96. The first-order valence-corrected chi connectivity index (χ1v) is 9.12. The third-order valence-electron chi connectivity index (χ3n) is 4.78. The van der Waals surface area contributed by atoms with Crippen LogP contribution in [0.4, 0.5) is 5.82 Å². The van der Waals surface area contributed by atoms with E-state index in [9.17, 15) is 4.79 Å². The molecule has 0 atom stereocenters. The normalized spacial score (nSPS) is 15.7. The Bertz CT molecular complexity index is 916. The lowest BCUT2D eigenvalue weighted by molar-refractivity contribution is 0.0900. The number of anilines is 1. The SMILES string of the molecule is Cn1nc(Br)c2c(N3CCC(C(=O)c4ccccc4)CC3)ncnc21. The highest BCUT2D eigenvalue weighted by Crippen LogP contribution is 2.32. The molecule has 4 rings (SSSR count). The third kappa shape index (κ3) is 2.93. The number of carbonyl (C=O) groups excluding carboxylic acids is 1. The first-order chi connectivity index (χ1) is 12.1. The van der Waals surface area contributed by atoms with Gasteiger partial charge in [-0.2, -0.15) is 5.10 Å². The van der Waals surface area contributed by atoms with Crippen molar-refractivity contribution in [3.63, 3.8) is 0 Å². The number of fused-ring (bicyclic) bond motifs is 1. The second-order valence-corrected chi connectivity index (χ2v) is 7.05. The van der Waals surface area contributed by atoms with Crippen LogP contribution in [-0.2, 0) is 7.05 Å². The number of ketones is 1. The molecule has 1 aliphatic heterocycles. The van der Waals surface area contributed by atoms with E-state index in [1.54, 1.807) is 11.0 Å². The smallest absolute Gasteiger partial charge is 0.166 e. The van der Waals surface area contributed by atoms with Crippen LogP contribution in [0.25, 0.3) is 11.0 Å². The van der Waals surface area contributed by atoms with Crippen molar-refractivity contribution < 1.29 is 4.79 Å². The van der Waals surface area contributed by atoms with Crippen LogP contribution < -0.4 is 4.90 Å². The van der Waals surface area contributed by atoms with Gasteiger partial charge in [0, 0.05) is 31.6 Å². The zero-order valence-electron chi connectivity index (χ0n) is 13.9. The van der Waals surface area contributed by atoms with E-state index in [4.69, 9.17) is 0 Å². The predicted octanol–water partition coefficient (Wildman–Crippen LogP) is 3.23. The second-order valence-electron chi connectivity index (χ2n) is 6.30. The molecule has 0 spiro atoms. The van der Waals surface area contributed by atoms with E-state index in [-0.39, 0.29) is 11.7 Å². The minimum atomic E-state index is 0.0771. The van der Waals surface area contributed by atoms with Crippen LogP contribution in [0.5, 0.6) is 0 Å². The maximum absolute atomic E-state index is 12.6. The van der Waals surface area contributed by atoms with Crippen molar-refractivity contribution in [3.05, 3.63) is 46.8 Å². The fourth-order valence-corrected chi connectivity index (χ4v) is 4.05. The number of Topliss-reactive ketones (excluding diaryl/α,β-unsaturated/α-hetero) is 1. The first-order valence-electron chi connectivity index (χ1n) is 8.32. The number of rotatable bonds is 3. The molecule has 0 N–H and O–H groups in total. The largest absolute Gasteiger partial charge is 0.356 e. The predicted molar refractivity (Wildman–Crippen MR) is 99.7 cm³/mol. The molecule has 0 saturated carbocycles. The highest BCUT2D eigenvalue weighted by atomic mass is 79.9. The van der Waals surface area contributed by atoms with E-state index in [1.165, 1.54) is 0 Å². The van der Waals surface area contributed by atoms with Crippen molar-refractivity contribution in [2.75, 3.05) is 18.0 Å². The lowest BCUT2D eigenvalue weighted by Gasteiger charge is -2.32. The summed E-state index contributed by atoms with van der Waals surface area (Å²) in [6.45, 7) is 1.60. The number of benzene rings is 1. The average molecular weight is 400 g/mol. The van der Waals surface area contributed by atoms with Gasteiger partial charge in [0.25, 0.3) is 0 Å². The number of carbonyl (C=O) groups is 1. The van der Waals surface area contributed by atoms with E-state index in [1.807, 2.05) is 37.4 Å². The van der Waals surface area contributed by atoms with Gasteiger partial charge in [0.15, 0.2) is 11.4 Å². The molecule has 0 aliphatic carbocycles. The summed E-state index contributed by atoms with van der Waals surface area (Å²) in [6, 6.07) is 9.57. The van der Waals surface area contributed by atoms with Gasteiger partial charge in [-0.25, -0.2) is 14.6 Å². The first kappa shape index (κ1) is 16.2. The molecule has 7 heteroatoms. The van der Waals surface area contributed by atoms with Gasteiger partial charge in [0.1, 0.15) is 16.7 Å². The van der Waals surface area contributed by atoms with E-state index < -0.39 is 0 Å². The topological polar surface area (TPSA) is 63.9 Å². The second kappa shape index (κ2) is 6.55. The van der Waals surface area contributed by atoms with Crippen molar-refractivity contribution in [1.82, 2.24) is 19.7 Å². The molecule has 0 radical (unpaired) electrons. The van der Waals surface area contributed by atoms with Crippen LogP contribution in [0.3, 0.4) is 0 Å². The van der Waals surface area contributed by atoms with Crippen molar-refractivity contribution in [2.45, 2.75) is 12.8 Å². The van der Waals surface area contributed by atoms with Gasteiger partial charge < -0.3 is 4.90 Å². The molecule has 2 aromatic heterocycles. The molecular weight excluding hydrogens is 382 g/mol. The summed E-state index contributed by atoms with van der Waals surface area (Å²) >= 11 is 3.51. The van der Waals surface area contributed by atoms with Crippen LogP contribution in [0.2, 0.25) is 0 Å². The maximum atomic E-state index is 12.6. The number of nitrogens with zero attached hydrogens (tertiary/aromatic N) is 5. The highest BCUT2D eigenvalue weighted by molar-refractivity contribution is 9.10. The number of halogens is 1. The molecule has 1 saturated heterocycles. The van der Waals surface area contributed by atoms with Gasteiger partial charge in [0.2, 0.25) is 0 Å². The number of hydrogen-bond acceptors (Lipinski definition) is 5. The molecule has 1 aliphatic rings. The maximum Gasteiger partial charge on any atom is 0.166 e. The molecule has 3 aromatic rings. The molecule has 25 heavy (non-hydrogen) atoms. The number of aryl methyl sites for hydroxylation is 1. The Hall–Kier alpha value is -2.28. The zero-order chi connectivity index (χ0) is 17.4. The Labute approximate surface area is 154 Å². The van der Waals surface area contributed by atoms with Gasteiger partial charge in [-0.1, -0.05) is 30.3 Å². The van der Waals surface area contributed by atoms with Gasteiger partial charge in [0.05, 0.1) is 5.39 Å². The lowest BCUT2D eigenvalue weighted by Crippen LogP contribution is -2.37. The quantitative estimate of drug-likeness (QED) is 0.632. The Balaban J connectivity index is 1.54. The molecule has 0 unspecified atom stereocenters. The van der Waals surface area contributed by atoms with E-state index in [0.717, 1.165) is 52.9 Å². The lowest BCUT2D eigenvalue weighted by atomic mass is 9.89. The molecular formula is C18H18BrN5O. The van der Waals surface area contributed by atoms with Crippen LogP contribution >= 0.6 is 15.9 Å². The fraction of sp³-hybridized carbons (Fsp3) is 0.333.